The molecule has 10 aromatic carbocycles. The Labute approximate surface area is 387 Å². The van der Waals surface area contributed by atoms with Crippen molar-refractivity contribution < 1.29 is 0 Å². The fourth-order valence-electron chi connectivity index (χ4n) is 13.3. The molecule has 0 aromatic heterocycles. The highest BCUT2D eigenvalue weighted by Gasteiger charge is 2.52. The molecular weight excluding hydrogens is 795 g/mol. The largest absolute Gasteiger partial charge is 0.309 e. The molecule has 0 unspecified atom stereocenters. The number of hydrogen-bond donors (Lipinski definition) is 0. The fourth-order valence-corrected chi connectivity index (χ4v) is 13.3. The molecule has 0 saturated carbocycles. The van der Waals surface area contributed by atoms with E-state index < -0.39 is 5.41 Å². The molecule has 0 aliphatic heterocycles. The van der Waals surface area contributed by atoms with Gasteiger partial charge in [0.15, 0.2) is 0 Å². The maximum absolute atomic E-state index is 2.64. The van der Waals surface area contributed by atoms with Gasteiger partial charge in [-0.3, -0.25) is 0 Å². The lowest BCUT2D eigenvalue weighted by Crippen LogP contribution is -2.26. The average Bonchev–Trinajstić information content (AvgIpc) is 3.99. The second kappa shape index (κ2) is 13.2. The summed E-state index contributed by atoms with van der Waals surface area (Å²) in [5.74, 6) is 0. The van der Waals surface area contributed by atoms with Crippen molar-refractivity contribution in [1.82, 2.24) is 0 Å². The van der Waals surface area contributed by atoms with Crippen LogP contribution in [0.5, 0.6) is 0 Å². The van der Waals surface area contributed by atoms with Crippen LogP contribution < -0.4 is 4.90 Å². The van der Waals surface area contributed by atoms with Crippen LogP contribution in [-0.2, 0) is 16.2 Å². The van der Waals surface area contributed by atoms with Gasteiger partial charge in [0, 0.05) is 33.2 Å². The Morgan fingerprint density at radius 1 is 0.303 bits per heavy atom. The van der Waals surface area contributed by atoms with Gasteiger partial charge in [0.1, 0.15) is 0 Å². The van der Waals surface area contributed by atoms with Crippen LogP contribution in [-0.4, -0.2) is 0 Å². The van der Waals surface area contributed by atoms with Crippen molar-refractivity contribution >= 4 is 27.8 Å². The van der Waals surface area contributed by atoms with E-state index in [2.05, 4.69) is 245 Å². The first kappa shape index (κ1) is 37.6. The number of hydrogen-bond acceptors (Lipinski definition) is 1. The third-order valence-corrected chi connectivity index (χ3v) is 16.0. The number of nitrogens with zero attached hydrogens (tertiary/aromatic N) is 1. The highest BCUT2D eigenvalue weighted by atomic mass is 15.1. The van der Waals surface area contributed by atoms with Crippen molar-refractivity contribution in [2.75, 3.05) is 4.90 Å². The Balaban J connectivity index is 1.14. The van der Waals surface area contributed by atoms with Gasteiger partial charge in [-0.1, -0.05) is 216 Å². The zero-order valence-electron chi connectivity index (χ0n) is 37.7. The van der Waals surface area contributed by atoms with Crippen LogP contribution in [0.2, 0.25) is 0 Å². The van der Waals surface area contributed by atoms with E-state index in [0.717, 1.165) is 11.4 Å². The van der Waals surface area contributed by atoms with Crippen LogP contribution in [0.4, 0.5) is 17.1 Å². The van der Waals surface area contributed by atoms with Crippen molar-refractivity contribution in [2.45, 2.75) is 43.9 Å². The second-order valence-corrected chi connectivity index (χ2v) is 19.9. The summed E-state index contributed by atoms with van der Waals surface area (Å²) in [5, 5.41) is 2.54. The SMILES string of the molecule is CC1(C)c2ccccc2-c2ccc(N(c3ccc4c(c3)C3(c5ccccc5-c5ccccc53)c3ccccc3-4)c3c(-c4ccccc4)c4c(c5ccccc35)C(C)(C)c3ccccc3-4)cc21. The van der Waals surface area contributed by atoms with Gasteiger partial charge in [0.05, 0.1) is 11.1 Å². The standard InChI is InChI=1S/C65H47N/c1-63(2)52-29-15-10-22-43(52)47-36-34-41(38-57(47)63)66(62-50-27-9-8-26-49(50)61-60(59(62)40-20-6-5-7-21-40)51-28-14-16-30-53(51)64(61,3)4)42-35-37-48-46-25-13-19-33-56(46)65(58(48)39-42)54-31-17-11-23-44(54)45-24-12-18-32-55(45)65/h5-39H,1-4H3. The van der Waals surface area contributed by atoms with Gasteiger partial charge in [0.2, 0.25) is 0 Å². The van der Waals surface area contributed by atoms with Gasteiger partial charge in [-0.25, -0.2) is 0 Å². The van der Waals surface area contributed by atoms with Gasteiger partial charge in [-0.2, -0.15) is 0 Å². The molecule has 0 saturated heterocycles. The van der Waals surface area contributed by atoms with E-state index >= 15 is 0 Å². The van der Waals surface area contributed by atoms with Gasteiger partial charge in [0.25, 0.3) is 0 Å². The summed E-state index contributed by atoms with van der Waals surface area (Å²) in [5.41, 5.74) is 26.5. The third-order valence-electron chi connectivity index (χ3n) is 16.0. The van der Waals surface area contributed by atoms with Crippen LogP contribution in [0, 0.1) is 0 Å². The topological polar surface area (TPSA) is 3.24 Å². The zero-order chi connectivity index (χ0) is 44.1. The van der Waals surface area contributed by atoms with Crippen molar-refractivity contribution in [3.05, 3.63) is 257 Å². The average molecular weight is 842 g/mol. The molecule has 0 amide bonds. The van der Waals surface area contributed by atoms with Crippen LogP contribution in [0.25, 0.3) is 66.4 Å². The summed E-state index contributed by atoms with van der Waals surface area (Å²) in [6, 6.07) is 80.7. The van der Waals surface area contributed by atoms with Crippen molar-refractivity contribution in [1.29, 1.82) is 0 Å². The highest BCUT2D eigenvalue weighted by Crippen LogP contribution is 2.65. The minimum Gasteiger partial charge on any atom is -0.309 e. The van der Waals surface area contributed by atoms with Gasteiger partial charge in [-0.15, -0.1) is 0 Å². The molecule has 1 nitrogen and oxygen atoms in total. The van der Waals surface area contributed by atoms with Crippen LogP contribution in [0.3, 0.4) is 0 Å². The summed E-state index contributed by atoms with van der Waals surface area (Å²) in [7, 11) is 0. The predicted octanol–water partition coefficient (Wildman–Crippen LogP) is 16.9. The molecule has 4 aliphatic carbocycles. The predicted molar refractivity (Wildman–Crippen MR) is 275 cm³/mol. The smallest absolute Gasteiger partial charge is 0.0726 e. The molecule has 0 N–H and O–H groups in total. The lowest BCUT2D eigenvalue weighted by molar-refractivity contribution is 0.660. The molecule has 0 heterocycles. The summed E-state index contributed by atoms with van der Waals surface area (Å²) < 4.78 is 0. The molecule has 0 bridgehead atoms. The number of fused-ring (bicyclic) bond motifs is 18. The third kappa shape index (κ3) is 4.65. The van der Waals surface area contributed by atoms with E-state index in [1.165, 1.54) is 117 Å². The van der Waals surface area contributed by atoms with Crippen molar-refractivity contribution in [3.8, 4) is 55.6 Å². The maximum Gasteiger partial charge on any atom is 0.0726 e. The van der Waals surface area contributed by atoms with E-state index in [-0.39, 0.29) is 10.8 Å². The lowest BCUT2D eigenvalue weighted by Gasteiger charge is -2.35. The molecule has 0 radical (unpaired) electrons. The lowest BCUT2D eigenvalue weighted by atomic mass is 9.70. The van der Waals surface area contributed by atoms with Crippen LogP contribution in [0.1, 0.15) is 72.2 Å². The molecule has 312 valence electrons. The second-order valence-electron chi connectivity index (χ2n) is 19.9. The quantitative estimate of drug-likeness (QED) is 0.171. The normalized spacial score (nSPS) is 15.3. The Morgan fingerprint density at radius 2 is 0.712 bits per heavy atom. The number of benzene rings is 10. The van der Waals surface area contributed by atoms with Crippen LogP contribution >= 0.6 is 0 Å². The zero-order valence-corrected chi connectivity index (χ0v) is 37.7. The fraction of sp³-hybridized carbons (Fsp3) is 0.108. The molecule has 1 heteroatoms. The van der Waals surface area contributed by atoms with Gasteiger partial charge in [-0.05, 0) is 124 Å². The molecule has 10 aromatic rings. The molecule has 0 fully saturated rings. The van der Waals surface area contributed by atoms with E-state index in [1.54, 1.807) is 0 Å². The summed E-state index contributed by atoms with van der Waals surface area (Å²) >= 11 is 0. The van der Waals surface area contributed by atoms with E-state index in [9.17, 15) is 0 Å². The van der Waals surface area contributed by atoms with Gasteiger partial charge < -0.3 is 4.90 Å². The molecule has 4 aliphatic rings. The molecule has 1 spiro atoms. The molecule has 0 atom stereocenters. The Bertz CT molecular complexity index is 3650. The maximum atomic E-state index is 2.64. The van der Waals surface area contributed by atoms with E-state index in [4.69, 9.17) is 0 Å². The number of rotatable bonds is 4. The Hall–Kier alpha value is -7.74. The van der Waals surface area contributed by atoms with Crippen molar-refractivity contribution in [3.63, 3.8) is 0 Å². The van der Waals surface area contributed by atoms with E-state index in [0.29, 0.717) is 0 Å². The van der Waals surface area contributed by atoms with Crippen molar-refractivity contribution in [2.24, 2.45) is 0 Å². The van der Waals surface area contributed by atoms with Crippen LogP contribution in [0.15, 0.2) is 212 Å². The first-order valence-electron chi connectivity index (χ1n) is 23.5. The summed E-state index contributed by atoms with van der Waals surface area (Å²) in [4.78, 5) is 2.64. The molecular formula is C65H47N. The summed E-state index contributed by atoms with van der Waals surface area (Å²) in [6.45, 7) is 9.64. The van der Waals surface area contributed by atoms with E-state index in [1.807, 2.05) is 0 Å². The first-order chi connectivity index (χ1) is 32.3. The Morgan fingerprint density at radius 3 is 1.29 bits per heavy atom. The summed E-state index contributed by atoms with van der Waals surface area (Å²) in [6.07, 6.45) is 0. The highest BCUT2D eigenvalue weighted by molar-refractivity contribution is 6.16. The Kier molecular flexibility index (Phi) is 7.51. The minimum absolute atomic E-state index is 0.181. The molecule has 66 heavy (non-hydrogen) atoms. The van der Waals surface area contributed by atoms with Gasteiger partial charge >= 0.3 is 0 Å². The monoisotopic (exact) mass is 841 g/mol. The first-order valence-corrected chi connectivity index (χ1v) is 23.5. The molecule has 14 rings (SSSR count). The minimum atomic E-state index is -0.479. The number of anilines is 3.